The van der Waals surface area contributed by atoms with Gasteiger partial charge < -0.3 is 19.5 Å². The Morgan fingerprint density at radius 1 is 0.732 bits per heavy atom. The average Bonchev–Trinajstić information content (AvgIpc) is 3.52. The van der Waals surface area contributed by atoms with E-state index in [1.54, 1.807) is 0 Å². The molecule has 4 rings (SSSR count). The predicted octanol–water partition coefficient (Wildman–Crippen LogP) is 4.54. The van der Waals surface area contributed by atoms with Gasteiger partial charge >= 0.3 is 18.0 Å². The van der Waals surface area contributed by atoms with E-state index in [1.165, 1.54) is 4.90 Å². The molecule has 214 valence electrons. The first-order valence-electron chi connectivity index (χ1n) is 13.7. The lowest BCUT2D eigenvalue weighted by atomic mass is 10.1. The van der Waals surface area contributed by atoms with Gasteiger partial charge in [0.2, 0.25) is 5.91 Å². The third-order valence-electron chi connectivity index (χ3n) is 6.70. The van der Waals surface area contributed by atoms with Gasteiger partial charge in [-0.05, 0) is 36.0 Å². The van der Waals surface area contributed by atoms with E-state index >= 15 is 0 Å². The van der Waals surface area contributed by atoms with Crippen molar-refractivity contribution in [1.82, 2.24) is 10.2 Å². The Balaban J connectivity index is 1.35. The lowest BCUT2D eigenvalue weighted by molar-refractivity contribution is -0.151. The zero-order chi connectivity index (χ0) is 28.9. The Bertz CT molecular complexity index is 1290. The Morgan fingerprint density at radius 2 is 1.24 bits per heavy atom. The van der Waals surface area contributed by atoms with Crippen LogP contribution in [0, 0.1) is 0 Å². The van der Waals surface area contributed by atoms with Crippen molar-refractivity contribution in [2.24, 2.45) is 0 Å². The van der Waals surface area contributed by atoms with Crippen LogP contribution < -0.4 is 5.32 Å². The number of carbonyl (C=O) groups is 4. The summed E-state index contributed by atoms with van der Waals surface area (Å²) < 4.78 is 16.2. The standard InChI is InChI=1S/C32H34N2O7/c35-29(39-21-24-11-4-1-5-12-24)19-18-27(31(37)40-22-25-13-6-2-7-14-25)33-30(36)28-17-10-20-34(28)32(38)41-23-26-15-8-3-9-16-26/h1-9,11-16,27-28H,10,17-23H2,(H,33,36). The van der Waals surface area contributed by atoms with Gasteiger partial charge in [0.05, 0.1) is 0 Å². The van der Waals surface area contributed by atoms with Crippen LogP contribution in [0.2, 0.25) is 0 Å². The molecule has 2 amide bonds. The maximum Gasteiger partial charge on any atom is 0.410 e. The minimum absolute atomic E-state index is 0.0157. The molecule has 1 N–H and O–H groups in total. The number of nitrogens with one attached hydrogen (secondary N) is 1. The van der Waals surface area contributed by atoms with E-state index < -0.39 is 36.0 Å². The van der Waals surface area contributed by atoms with Crippen LogP contribution in [0.5, 0.6) is 0 Å². The SMILES string of the molecule is O=C(CCC(NC(=O)C1CCCN1C(=O)OCc1ccccc1)C(=O)OCc1ccccc1)OCc1ccccc1. The Morgan fingerprint density at radius 3 is 1.80 bits per heavy atom. The summed E-state index contributed by atoms with van der Waals surface area (Å²) in [6.07, 6.45) is 0.327. The van der Waals surface area contributed by atoms with Gasteiger partial charge in [-0.2, -0.15) is 0 Å². The minimum Gasteiger partial charge on any atom is -0.461 e. The van der Waals surface area contributed by atoms with Crippen LogP contribution >= 0.6 is 0 Å². The second-order valence-corrected chi connectivity index (χ2v) is 9.73. The van der Waals surface area contributed by atoms with Crippen LogP contribution in [0.15, 0.2) is 91.0 Å². The molecule has 3 aromatic carbocycles. The molecule has 1 aliphatic rings. The Hall–Kier alpha value is -4.66. The summed E-state index contributed by atoms with van der Waals surface area (Å²) in [4.78, 5) is 52.9. The minimum atomic E-state index is -1.10. The number of nitrogens with zero attached hydrogens (tertiary/aromatic N) is 1. The molecule has 41 heavy (non-hydrogen) atoms. The van der Waals surface area contributed by atoms with Gasteiger partial charge in [0.25, 0.3) is 0 Å². The molecule has 9 heteroatoms. The van der Waals surface area contributed by atoms with E-state index in [9.17, 15) is 19.2 Å². The van der Waals surface area contributed by atoms with Crippen molar-refractivity contribution in [3.8, 4) is 0 Å². The Kier molecular flexibility index (Phi) is 10.9. The summed E-state index contributed by atoms with van der Waals surface area (Å²) in [6.45, 7) is 0.577. The highest BCUT2D eigenvalue weighted by Crippen LogP contribution is 2.20. The molecule has 3 aromatic rings. The number of carbonyl (C=O) groups excluding carboxylic acids is 4. The lowest BCUT2D eigenvalue weighted by Crippen LogP contribution is -2.51. The topological polar surface area (TPSA) is 111 Å². The van der Waals surface area contributed by atoms with Crippen molar-refractivity contribution < 1.29 is 33.4 Å². The van der Waals surface area contributed by atoms with E-state index in [-0.39, 0.29) is 32.7 Å². The summed E-state index contributed by atoms with van der Waals surface area (Å²) in [5.74, 6) is -1.68. The highest BCUT2D eigenvalue weighted by Gasteiger charge is 2.37. The van der Waals surface area contributed by atoms with Gasteiger partial charge in [0.15, 0.2) is 0 Å². The van der Waals surface area contributed by atoms with Crippen LogP contribution in [0.3, 0.4) is 0 Å². The summed E-state index contributed by atoms with van der Waals surface area (Å²) in [5, 5.41) is 2.71. The van der Waals surface area contributed by atoms with Gasteiger partial charge in [-0.3, -0.25) is 14.5 Å². The van der Waals surface area contributed by atoms with E-state index in [2.05, 4.69) is 5.32 Å². The van der Waals surface area contributed by atoms with E-state index in [4.69, 9.17) is 14.2 Å². The largest absolute Gasteiger partial charge is 0.461 e. The molecular weight excluding hydrogens is 524 g/mol. The molecule has 0 bridgehead atoms. The summed E-state index contributed by atoms with van der Waals surface area (Å²) in [5.41, 5.74) is 2.46. The zero-order valence-corrected chi connectivity index (χ0v) is 22.8. The van der Waals surface area contributed by atoms with Crippen molar-refractivity contribution in [2.75, 3.05) is 6.54 Å². The molecule has 2 atom stereocenters. The van der Waals surface area contributed by atoms with Crippen LogP contribution in [0.4, 0.5) is 4.79 Å². The van der Waals surface area contributed by atoms with E-state index in [1.807, 2.05) is 91.0 Å². The fourth-order valence-corrected chi connectivity index (χ4v) is 4.48. The highest BCUT2D eigenvalue weighted by molar-refractivity contribution is 5.90. The second kappa shape index (κ2) is 15.2. The second-order valence-electron chi connectivity index (χ2n) is 9.73. The normalized spacial score (nSPS) is 15.0. The van der Waals surface area contributed by atoms with Crippen LogP contribution in [-0.2, 0) is 48.4 Å². The highest BCUT2D eigenvalue weighted by atomic mass is 16.6. The van der Waals surface area contributed by atoms with E-state index in [0.29, 0.717) is 19.4 Å². The van der Waals surface area contributed by atoms with Gasteiger partial charge in [-0.25, -0.2) is 9.59 Å². The monoisotopic (exact) mass is 558 g/mol. The maximum atomic E-state index is 13.3. The number of esters is 2. The summed E-state index contributed by atoms with van der Waals surface area (Å²) in [7, 11) is 0. The third-order valence-corrected chi connectivity index (χ3v) is 6.70. The molecule has 0 aromatic heterocycles. The van der Waals surface area contributed by atoms with Gasteiger partial charge in [0.1, 0.15) is 31.9 Å². The summed E-state index contributed by atoms with van der Waals surface area (Å²) >= 11 is 0. The average molecular weight is 559 g/mol. The number of likely N-dealkylation sites (tertiary alicyclic amines) is 1. The lowest BCUT2D eigenvalue weighted by Gasteiger charge is -2.25. The number of rotatable bonds is 12. The smallest absolute Gasteiger partial charge is 0.410 e. The molecular formula is C32H34N2O7. The molecule has 0 saturated carbocycles. The molecule has 1 saturated heterocycles. The number of amides is 2. The fraction of sp³-hybridized carbons (Fsp3) is 0.312. The van der Waals surface area contributed by atoms with Crippen molar-refractivity contribution >= 4 is 23.9 Å². The molecule has 0 spiro atoms. The fourth-order valence-electron chi connectivity index (χ4n) is 4.48. The van der Waals surface area contributed by atoms with Crippen LogP contribution in [-0.4, -0.2) is 47.5 Å². The molecule has 1 aliphatic heterocycles. The van der Waals surface area contributed by atoms with Gasteiger partial charge in [-0.15, -0.1) is 0 Å². The van der Waals surface area contributed by atoms with Crippen LogP contribution in [0.25, 0.3) is 0 Å². The quantitative estimate of drug-likeness (QED) is 0.257. The maximum absolute atomic E-state index is 13.3. The predicted molar refractivity (Wildman–Crippen MR) is 150 cm³/mol. The number of benzene rings is 3. The van der Waals surface area contributed by atoms with Crippen molar-refractivity contribution in [3.63, 3.8) is 0 Å². The Labute approximate surface area is 239 Å². The first-order chi connectivity index (χ1) is 20.0. The number of hydrogen-bond acceptors (Lipinski definition) is 7. The molecule has 9 nitrogen and oxygen atoms in total. The van der Waals surface area contributed by atoms with Crippen molar-refractivity contribution in [3.05, 3.63) is 108 Å². The first kappa shape index (κ1) is 29.3. The van der Waals surface area contributed by atoms with E-state index in [0.717, 1.165) is 16.7 Å². The van der Waals surface area contributed by atoms with Gasteiger partial charge in [-0.1, -0.05) is 91.0 Å². The number of hydrogen-bond donors (Lipinski definition) is 1. The molecule has 1 fully saturated rings. The number of ether oxygens (including phenoxy) is 3. The molecule has 2 unspecified atom stereocenters. The first-order valence-corrected chi connectivity index (χ1v) is 13.7. The third kappa shape index (κ3) is 9.20. The molecule has 1 heterocycles. The van der Waals surface area contributed by atoms with Crippen molar-refractivity contribution in [1.29, 1.82) is 0 Å². The van der Waals surface area contributed by atoms with Crippen LogP contribution in [0.1, 0.15) is 42.4 Å². The zero-order valence-electron chi connectivity index (χ0n) is 22.8. The van der Waals surface area contributed by atoms with Crippen molar-refractivity contribution in [2.45, 2.75) is 57.6 Å². The molecule has 0 radical (unpaired) electrons. The summed E-state index contributed by atoms with van der Waals surface area (Å²) in [6, 6.07) is 25.8. The van der Waals surface area contributed by atoms with Gasteiger partial charge in [0, 0.05) is 13.0 Å². The molecule has 0 aliphatic carbocycles.